The molecule has 0 saturated heterocycles. The molecular formula is C11H21NO6. The van der Waals surface area contributed by atoms with E-state index in [0.717, 1.165) is 0 Å². The van der Waals surface area contributed by atoms with Gasteiger partial charge in [-0.1, -0.05) is 0 Å². The first-order chi connectivity index (χ1) is 8.50. The van der Waals surface area contributed by atoms with Crippen LogP contribution in [0, 0.1) is 5.92 Å². The van der Waals surface area contributed by atoms with Crippen molar-refractivity contribution in [3.63, 3.8) is 0 Å². The number of methoxy groups -OCH3 is 1. The molecule has 7 nitrogen and oxygen atoms in total. The molecule has 0 aromatic rings. The van der Waals surface area contributed by atoms with E-state index in [4.69, 9.17) is 19.3 Å². The molecule has 0 saturated carbocycles. The predicted molar refractivity (Wildman–Crippen MR) is 63.1 cm³/mol. The molecule has 0 aliphatic carbocycles. The molecule has 1 atom stereocenters. The first kappa shape index (κ1) is 16.8. The van der Waals surface area contributed by atoms with Gasteiger partial charge < -0.3 is 24.2 Å². The van der Waals surface area contributed by atoms with E-state index in [-0.39, 0.29) is 6.79 Å². The van der Waals surface area contributed by atoms with Crippen molar-refractivity contribution in [1.82, 2.24) is 4.90 Å². The third kappa shape index (κ3) is 7.21. The van der Waals surface area contributed by atoms with Crippen LogP contribution in [-0.2, 0) is 23.8 Å². The number of ether oxygens (including phenoxy) is 3. The van der Waals surface area contributed by atoms with Gasteiger partial charge in [-0.15, -0.1) is 0 Å². The Labute approximate surface area is 107 Å². The molecule has 0 rings (SSSR count). The van der Waals surface area contributed by atoms with Crippen molar-refractivity contribution >= 4 is 11.9 Å². The van der Waals surface area contributed by atoms with Gasteiger partial charge in [-0.25, -0.2) is 0 Å². The molecule has 0 aromatic heterocycles. The Hall–Kier alpha value is -1.18. The van der Waals surface area contributed by atoms with Gasteiger partial charge in [0.05, 0.1) is 19.8 Å². The van der Waals surface area contributed by atoms with E-state index < -0.39 is 17.8 Å². The summed E-state index contributed by atoms with van der Waals surface area (Å²) in [5.74, 6) is -2.60. The highest BCUT2D eigenvalue weighted by molar-refractivity contribution is 5.96. The fraction of sp³-hybridized carbons (Fsp3) is 0.818. The molecule has 0 radical (unpaired) electrons. The van der Waals surface area contributed by atoms with Gasteiger partial charge in [0.1, 0.15) is 12.7 Å². The van der Waals surface area contributed by atoms with Gasteiger partial charge in [0.15, 0.2) is 0 Å². The molecule has 1 N–H and O–H groups in total. The maximum absolute atomic E-state index is 11.5. The van der Waals surface area contributed by atoms with Crippen molar-refractivity contribution in [2.24, 2.45) is 5.92 Å². The molecule has 0 bridgehead atoms. The summed E-state index contributed by atoms with van der Waals surface area (Å²) in [4.78, 5) is 23.5. The van der Waals surface area contributed by atoms with Crippen LogP contribution in [0.15, 0.2) is 0 Å². The number of carboxylic acid groups (broad SMARTS) is 1. The molecule has 18 heavy (non-hydrogen) atoms. The van der Waals surface area contributed by atoms with E-state index in [2.05, 4.69) is 0 Å². The number of likely N-dealkylation sites (N-methyl/N-ethyl adjacent to an activating group) is 1. The molecule has 0 spiro atoms. The van der Waals surface area contributed by atoms with E-state index in [0.29, 0.717) is 26.4 Å². The maximum atomic E-state index is 11.5. The Morgan fingerprint density at radius 2 is 1.83 bits per heavy atom. The average Bonchev–Trinajstić information content (AvgIpc) is 2.35. The SMILES string of the molecule is COCCOCOCCN(C)C(=O)C(C)C(=O)O. The smallest absolute Gasteiger partial charge is 0.315 e. The summed E-state index contributed by atoms with van der Waals surface area (Å²) in [6.45, 7) is 3.04. The third-order valence-electron chi connectivity index (χ3n) is 2.29. The van der Waals surface area contributed by atoms with Crippen LogP contribution < -0.4 is 0 Å². The second-order valence-corrected chi connectivity index (χ2v) is 3.75. The Morgan fingerprint density at radius 3 is 2.39 bits per heavy atom. The zero-order valence-electron chi connectivity index (χ0n) is 11.0. The van der Waals surface area contributed by atoms with Gasteiger partial charge >= 0.3 is 5.97 Å². The van der Waals surface area contributed by atoms with Crippen molar-refractivity contribution in [2.45, 2.75) is 6.92 Å². The van der Waals surface area contributed by atoms with Gasteiger partial charge in [0, 0.05) is 20.7 Å². The average molecular weight is 263 g/mol. The monoisotopic (exact) mass is 263 g/mol. The molecule has 0 aromatic carbocycles. The lowest BCUT2D eigenvalue weighted by atomic mass is 10.1. The van der Waals surface area contributed by atoms with Gasteiger partial charge in [-0.05, 0) is 6.92 Å². The fourth-order valence-corrected chi connectivity index (χ4v) is 1.07. The second kappa shape index (κ2) is 9.81. The number of carbonyl (C=O) groups is 2. The summed E-state index contributed by atoms with van der Waals surface area (Å²) in [5.41, 5.74) is 0. The van der Waals surface area contributed by atoms with E-state index in [1.54, 1.807) is 7.11 Å². The van der Waals surface area contributed by atoms with Crippen molar-refractivity contribution in [1.29, 1.82) is 0 Å². The number of aliphatic carboxylic acids is 1. The van der Waals surface area contributed by atoms with Gasteiger partial charge in [-0.2, -0.15) is 0 Å². The van der Waals surface area contributed by atoms with Crippen molar-refractivity contribution in [2.75, 3.05) is 47.3 Å². The number of carbonyl (C=O) groups excluding carboxylic acids is 1. The summed E-state index contributed by atoms with van der Waals surface area (Å²) in [5, 5.41) is 8.68. The van der Waals surface area contributed by atoms with Crippen LogP contribution in [0.1, 0.15) is 6.92 Å². The predicted octanol–water partition coefficient (Wildman–Crippen LogP) is -0.197. The number of amides is 1. The lowest BCUT2D eigenvalue weighted by Crippen LogP contribution is -2.37. The summed E-state index contributed by atoms with van der Waals surface area (Å²) >= 11 is 0. The third-order valence-corrected chi connectivity index (χ3v) is 2.29. The quantitative estimate of drug-likeness (QED) is 0.334. The van der Waals surface area contributed by atoms with E-state index in [9.17, 15) is 9.59 Å². The zero-order valence-corrected chi connectivity index (χ0v) is 11.0. The first-order valence-electron chi connectivity index (χ1n) is 5.63. The van der Waals surface area contributed by atoms with Crippen LogP contribution in [0.2, 0.25) is 0 Å². The molecule has 1 amide bonds. The highest BCUT2D eigenvalue weighted by Crippen LogP contribution is 2.00. The highest BCUT2D eigenvalue weighted by atomic mass is 16.7. The molecule has 0 heterocycles. The number of carboxylic acids is 1. The van der Waals surface area contributed by atoms with Crippen LogP contribution in [0.25, 0.3) is 0 Å². The standard InChI is InChI=1S/C11H21NO6/c1-9(11(14)15)10(13)12(2)4-5-17-8-18-7-6-16-3/h9H,4-8H2,1-3H3,(H,14,15). The summed E-state index contributed by atoms with van der Waals surface area (Å²) < 4.78 is 15.0. The van der Waals surface area contributed by atoms with Crippen molar-refractivity contribution in [3.05, 3.63) is 0 Å². The van der Waals surface area contributed by atoms with Gasteiger partial charge in [0.2, 0.25) is 5.91 Å². The molecule has 7 heteroatoms. The van der Waals surface area contributed by atoms with Crippen molar-refractivity contribution in [3.8, 4) is 0 Å². The highest BCUT2D eigenvalue weighted by Gasteiger charge is 2.23. The van der Waals surface area contributed by atoms with Crippen LogP contribution in [0.5, 0.6) is 0 Å². The van der Waals surface area contributed by atoms with Crippen LogP contribution in [-0.4, -0.2) is 69.2 Å². The minimum absolute atomic E-state index is 0.125. The minimum Gasteiger partial charge on any atom is -0.481 e. The van der Waals surface area contributed by atoms with Crippen molar-refractivity contribution < 1.29 is 28.9 Å². The Morgan fingerprint density at radius 1 is 1.22 bits per heavy atom. The first-order valence-corrected chi connectivity index (χ1v) is 5.63. The Balaban J connectivity index is 3.61. The number of hydrogen-bond acceptors (Lipinski definition) is 5. The van der Waals surface area contributed by atoms with E-state index in [1.807, 2.05) is 0 Å². The molecule has 0 fully saturated rings. The minimum atomic E-state index is -1.13. The summed E-state index contributed by atoms with van der Waals surface area (Å²) in [6.07, 6.45) is 0. The molecular weight excluding hydrogens is 242 g/mol. The molecule has 0 aliphatic heterocycles. The number of hydrogen-bond donors (Lipinski definition) is 1. The molecule has 0 aliphatic rings. The molecule has 106 valence electrons. The Bertz CT molecular complexity index is 258. The zero-order chi connectivity index (χ0) is 14.0. The lowest BCUT2D eigenvalue weighted by molar-refractivity contribution is -0.150. The van der Waals surface area contributed by atoms with Crippen LogP contribution >= 0.6 is 0 Å². The topological polar surface area (TPSA) is 85.3 Å². The fourth-order valence-electron chi connectivity index (χ4n) is 1.07. The van der Waals surface area contributed by atoms with E-state index in [1.165, 1.54) is 18.9 Å². The van der Waals surface area contributed by atoms with Gasteiger partial charge in [0.25, 0.3) is 0 Å². The normalized spacial score (nSPS) is 12.2. The van der Waals surface area contributed by atoms with E-state index >= 15 is 0 Å². The maximum Gasteiger partial charge on any atom is 0.315 e. The van der Waals surface area contributed by atoms with Crippen LogP contribution in [0.4, 0.5) is 0 Å². The van der Waals surface area contributed by atoms with Crippen LogP contribution in [0.3, 0.4) is 0 Å². The second-order valence-electron chi connectivity index (χ2n) is 3.75. The number of rotatable bonds is 10. The Kier molecular flexibility index (Phi) is 9.17. The largest absolute Gasteiger partial charge is 0.481 e. The lowest BCUT2D eigenvalue weighted by Gasteiger charge is -2.19. The summed E-state index contributed by atoms with van der Waals surface area (Å²) in [6, 6.07) is 0. The molecule has 1 unspecified atom stereocenters. The van der Waals surface area contributed by atoms with Gasteiger partial charge in [-0.3, -0.25) is 9.59 Å². The number of nitrogens with zero attached hydrogens (tertiary/aromatic N) is 1. The summed E-state index contributed by atoms with van der Waals surface area (Å²) in [7, 11) is 3.12.